The zero-order valence-corrected chi connectivity index (χ0v) is 17.9. The Bertz CT molecular complexity index is 1160. The third kappa shape index (κ3) is 6.66. The Hall–Kier alpha value is -4.66. The largest absolute Gasteiger partial charge is 0.497 e. The molecule has 0 bridgehead atoms. The van der Waals surface area contributed by atoms with Gasteiger partial charge in [-0.1, -0.05) is 6.07 Å². The molecule has 3 rings (SSSR count). The summed E-state index contributed by atoms with van der Waals surface area (Å²) in [7, 11) is 3.04. The number of benzene rings is 3. The summed E-state index contributed by atoms with van der Waals surface area (Å²) >= 11 is 0. The second-order valence-electron chi connectivity index (χ2n) is 6.57. The lowest BCUT2D eigenvalue weighted by atomic mass is 10.2. The van der Waals surface area contributed by atoms with Crippen molar-refractivity contribution in [3.8, 4) is 17.2 Å². The lowest BCUT2D eigenvalue weighted by molar-refractivity contribution is -0.136. The zero-order valence-electron chi connectivity index (χ0n) is 17.9. The normalized spacial score (nSPS) is 10.4. The van der Waals surface area contributed by atoms with Gasteiger partial charge in [0.05, 0.1) is 26.0 Å². The van der Waals surface area contributed by atoms with Gasteiger partial charge in [0, 0.05) is 11.8 Å². The van der Waals surface area contributed by atoms with Crippen molar-refractivity contribution in [2.45, 2.75) is 0 Å². The Balaban J connectivity index is 1.50. The van der Waals surface area contributed by atoms with Gasteiger partial charge < -0.3 is 19.5 Å². The van der Waals surface area contributed by atoms with Crippen LogP contribution in [-0.2, 0) is 9.59 Å². The number of carbonyl (C=O) groups is 3. The van der Waals surface area contributed by atoms with Crippen molar-refractivity contribution in [2.75, 3.05) is 19.5 Å². The Morgan fingerprint density at radius 2 is 1.45 bits per heavy atom. The molecule has 0 heterocycles. The molecule has 0 atom stereocenters. The van der Waals surface area contributed by atoms with Crippen LogP contribution in [0.5, 0.6) is 17.2 Å². The van der Waals surface area contributed by atoms with Gasteiger partial charge in [-0.05, 0) is 66.2 Å². The van der Waals surface area contributed by atoms with Crippen molar-refractivity contribution in [3.05, 3.63) is 83.9 Å². The topological polar surface area (TPSA) is 115 Å². The summed E-state index contributed by atoms with van der Waals surface area (Å²) in [5.74, 6) is -0.784. The number of ether oxygens (including phenoxy) is 3. The molecule has 0 aliphatic carbocycles. The second kappa shape index (κ2) is 11.1. The molecule has 0 spiro atoms. The van der Waals surface area contributed by atoms with Gasteiger partial charge in [0.1, 0.15) is 17.2 Å². The molecule has 0 aromatic heterocycles. The van der Waals surface area contributed by atoms with E-state index < -0.39 is 17.8 Å². The highest BCUT2D eigenvalue weighted by Gasteiger charge is 2.13. The van der Waals surface area contributed by atoms with Gasteiger partial charge in [0.15, 0.2) is 0 Å². The number of esters is 1. The first-order valence-corrected chi connectivity index (χ1v) is 9.73. The fraction of sp³-hybridized carbons (Fsp3) is 0.0833. The van der Waals surface area contributed by atoms with E-state index in [-0.39, 0.29) is 0 Å². The smallest absolute Gasteiger partial charge is 0.343 e. The number of hydrogen-bond acceptors (Lipinski definition) is 7. The highest BCUT2D eigenvalue weighted by molar-refractivity contribution is 6.39. The van der Waals surface area contributed by atoms with Crippen molar-refractivity contribution in [3.63, 3.8) is 0 Å². The maximum Gasteiger partial charge on any atom is 0.343 e. The van der Waals surface area contributed by atoms with E-state index >= 15 is 0 Å². The number of anilines is 1. The van der Waals surface area contributed by atoms with E-state index in [1.54, 1.807) is 79.9 Å². The third-order valence-electron chi connectivity index (χ3n) is 4.33. The first-order valence-electron chi connectivity index (χ1n) is 9.73. The van der Waals surface area contributed by atoms with Crippen LogP contribution in [0.1, 0.15) is 15.9 Å². The fourth-order valence-corrected chi connectivity index (χ4v) is 2.62. The molecule has 0 aliphatic rings. The number of hydrogen-bond donors (Lipinski definition) is 2. The summed E-state index contributed by atoms with van der Waals surface area (Å²) in [6, 6.07) is 19.6. The van der Waals surface area contributed by atoms with Crippen LogP contribution in [0.25, 0.3) is 0 Å². The third-order valence-corrected chi connectivity index (χ3v) is 4.33. The molecule has 0 saturated carbocycles. The van der Waals surface area contributed by atoms with Crippen LogP contribution < -0.4 is 25.0 Å². The Morgan fingerprint density at radius 3 is 2.12 bits per heavy atom. The zero-order chi connectivity index (χ0) is 23.6. The lowest BCUT2D eigenvalue weighted by Gasteiger charge is -2.06. The molecule has 168 valence electrons. The predicted octanol–water partition coefficient (Wildman–Crippen LogP) is 3.01. The predicted molar refractivity (Wildman–Crippen MR) is 122 cm³/mol. The van der Waals surface area contributed by atoms with Crippen LogP contribution in [0.3, 0.4) is 0 Å². The molecule has 0 radical (unpaired) electrons. The first-order chi connectivity index (χ1) is 16.0. The first kappa shape index (κ1) is 23.0. The maximum atomic E-state index is 12.2. The molecule has 3 aromatic rings. The molecule has 3 aromatic carbocycles. The quantitative estimate of drug-likeness (QED) is 0.189. The molecule has 0 aliphatic heterocycles. The lowest BCUT2D eigenvalue weighted by Crippen LogP contribution is -2.32. The number of carbonyl (C=O) groups excluding carboxylic acids is 3. The molecule has 0 unspecified atom stereocenters. The Kier molecular flexibility index (Phi) is 7.74. The molecular formula is C24H21N3O6. The van der Waals surface area contributed by atoms with Gasteiger partial charge >= 0.3 is 17.8 Å². The summed E-state index contributed by atoms with van der Waals surface area (Å²) in [4.78, 5) is 36.1. The van der Waals surface area contributed by atoms with Gasteiger partial charge in [-0.2, -0.15) is 5.10 Å². The number of methoxy groups -OCH3 is 2. The van der Waals surface area contributed by atoms with Gasteiger partial charge in [0.2, 0.25) is 0 Å². The van der Waals surface area contributed by atoms with E-state index in [1.165, 1.54) is 13.3 Å². The number of nitrogens with one attached hydrogen (secondary N) is 2. The van der Waals surface area contributed by atoms with Crippen LogP contribution in [0.15, 0.2) is 77.9 Å². The van der Waals surface area contributed by atoms with Gasteiger partial charge in [-0.3, -0.25) is 9.59 Å². The van der Waals surface area contributed by atoms with Crippen LogP contribution in [0.4, 0.5) is 5.69 Å². The molecule has 9 nitrogen and oxygen atoms in total. The summed E-state index contributed by atoms with van der Waals surface area (Å²) in [6.45, 7) is 0. The average molecular weight is 447 g/mol. The minimum absolute atomic E-state index is 0.342. The van der Waals surface area contributed by atoms with E-state index in [0.29, 0.717) is 34.1 Å². The van der Waals surface area contributed by atoms with Crippen molar-refractivity contribution in [1.82, 2.24) is 5.43 Å². The molecule has 2 N–H and O–H groups in total. The van der Waals surface area contributed by atoms with Crippen molar-refractivity contribution >= 4 is 29.7 Å². The van der Waals surface area contributed by atoms with Crippen molar-refractivity contribution in [2.24, 2.45) is 5.10 Å². The van der Waals surface area contributed by atoms with E-state index in [0.717, 1.165) is 0 Å². The number of amides is 2. The molecule has 0 fully saturated rings. The Morgan fingerprint density at radius 1 is 0.788 bits per heavy atom. The maximum absolute atomic E-state index is 12.2. The molecular weight excluding hydrogens is 426 g/mol. The van der Waals surface area contributed by atoms with Gasteiger partial charge in [0.25, 0.3) is 0 Å². The van der Waals surface area contributed by atoms with E-state index in [1.807, 2.05) is 0 Å². The van der Waals surface area contributed by atoms with Crippen LogP contribution >= 0.6 is 0 Å². The van der Waals surface area contributed by atoms with Crippen LogP contribution in [0.2, 0.25) is 0 Å². The van der Waals surface area contributed by atoms with Crippen LogP contribution in [0, 0.1) is 0 Å². The van der Waals surface area contributed by atoms with Gasteiger partial charge in [-0.15, -0.1) is 0 Å². The summed E-state index contributed by atoms with van der Waals surface area (Å²) in [6.07, 6.45) is 1.35. The molecule has 9 heteroatoms. The highest BCUT2D eigenvalue weighted by atomic mass is 16.5. The standard InChI is InChI=1S/C24H21N3O6/c1-31-19-12-8-17(9-13-19)24(30)33-20-10-6-16(7-11-20)15-25-27-23(29)22(28)26-18-4-3-5-21(14-18)32-2/h3-15H,1-2H3,(H,26,28)(H,27,29)/b25-15-. The SMILES string of the molecule is COc1ccc(C(=O)Oc2ccc(/C=N\NC(=O)C(=O)Nc3cccc(OC)c3)cc2)cc1. The monoisotopic (exact) mass is 447 g/mol. The van der Waals surface area contributed by atoms with Crippen molar-refractivity contribution < 1.29 is 28.6 Å². The van der Waals surface area contributed by atoms with E-state index in [4.69, 9.17) is 14.2 Å². The van der Waals surface area contributed by atoms with E-state index in [9.17, 15) is 14.4 Å². The fourth-order valence-electron chi connectivity index (χ4n) is 2.62. The highest BCUT2D eigenvalue weighted by Crippen LogP contribution is 2.17. The minimum atomic E-state index is -0.931. The number of rotatable bonds is 7. The minimum Gasteiger partial charge on any atom is -0.497 e. The molecule has 2 amide bonds. The van der Waals surface area contributed by atoms with Crippen LogP contribution in [-0.4, -0.2) is 38.2 Å². The Labute approximate surface area is 190 Å². The van der Waals surface area contributed by atoms with E-state index in [2.05, 4.69) is 15.8 Å². The number of hydrazone groups is 1. The summed E-state index contributed by atoms with van der Waals surface area (Å²) in [5.41, 5.74) is 3.57. The number of nitrogens with zero attached hydrogens (tertiary/aromatic N) is 1. The second-order valence-corrected chi connectivity index (χ2v) is 6.57. The molecule has 33 heavy (non-hydrogen) atoms. The summed E-state index contributed by atoms with van der Waals surface area (Å²) < 4.78 is 15.4. The molecule has 0 saturated heterocycles. The van der Waals surface area contributed by atoms with Gasteiger partial charge in [-0.25, -0.2) is 10.2 Å². The average Bonchev–Trinajstić information content (AvgIpc) is 2.85. The summed E-state index contributed by atoms with van der Waals surface area (Å²) in [5, 5.41) is 6.21. The van der Waals surface area contributed by atoms with Crippen molar-refractivity contribution in [1.29, 1.82) is 0 Å².